The van der Waals surface area contributed by atoms with Crippen molar-refractivity contribution in [2.45, 2.75) is 87.9 Å². The van der Waals surface area contributed by atoms with Crippen LogP contribution >= 0.6 is 11.8 Å². The van der Waals surface area contributed by atoms with E-state index in [1.165, 1.54) is 48.5 Å². The Morgan fingerprint density at radius 3 is 1.07 bits per heavy atom. The van der Waals surface area contributed by atoms with Gasteiger partial charge in [-0.25, -0.2) is 0 Å². The summed E-state index contributed by atoms with van der Waals surface area (Å²) in [6, 6.07) is 11.4. The lowest BCUT2D eigenvalue weighted by atomic mass is 9.89. The molecule has 0 unspecified atom stereocenters. The molecule has 2 saturated heterocycles. The van der Waals surface area contributed by atoms with E-state index in [1.54, 1.807) is 37.5 Å². The SMILES string of the molecule is CCOCCN(CCOCC)C(=O)/C=C/c1c(-c2cccc(N3CCC(C(=O)O)CC3)c2)cc(Sc2cc(-c3cccc(N4CCC(C(=O)O)CC4)c3)c(/C=C/C(=O)N(CCOCC)CCOCC)c(C(F)(F)F)c2C(F)(F)F)c(C(F)(F)F)c1C(F)(F)F. The number of rotatable bonds is 28. The smallest absolute Gasteiger partial charge is 0.418 e. The molecular formula is C62H70F12N4O10S. The van der Waals surface area contributed by atoms with Crippen LogP contribution in [0.15, 0.2) is 82.6 Å². The van der Waals surface area contributed by atoms with Gasteiger partial charge in [-0.1, -0.05) is 36.0 Å². The number of carboxylic acid groups (broad SMARTS) is 2. The Balaban J connectivity index is 1.72. The number of aliphatic carboxylic acids is 2. The average Bonchev–Trinajstić information content (AvgIpc) is 0.746. The molecule has 2 heterocycles. The topological polar surface area (TPSA) is 159 Å². The van der Waals surface area contributed by atoms with Gasteiger partial charge in [-0.2, -0.15) is 52.7 Å². The minimum absolute atomic E-state index is 0.0731. The molecule has 0 aromatic heterocycles. The molecule has 6 rings (SSSR count). The fraction of sp³-hybridized carbons (Fsp3) is 0.484. The van der Waals surface area contributed by atoms with E-state index in [1.807, 2.05) is 0 Å². The number of carbonyl (C=O) groups excluding carboxylic acids is 2. The molecule has 2 fully saturated rings. The van der Waals surface area contributed by atoms with Crippen LogP contribution in [0, 0.1) is 11.8 Å². The number of alkyl halides is 12. The van der Waals surface area contributed by atoms with Gasteiger partial charge in [0.05, 0.1) is 60.5 Å². The zero-order chi connectivity index (χ0) is 65.4. The summed E-state index contributed by atoms with van der Waals surface area (Å²) >= 11 is -0.662. The van der Waals surface area contributed by atoms with E-state index in [-0.39, 0.29) is 153 Å². The standard InChI is InChI=1S/C62H70F12N4O10S/c1-5-85-31-27-77(28-32-86-6-2)51(79)17-15-45-47(41-11-9-13-43(35-41)75-23-19-39(20-24-75)57(81)82)37-49(55(61(69,70)71)53(45)59(63,64)65)89-50-38-48(42-12-10-14-44(36-42)76-25-21-40(22-26-76)58(83)84)46(54(60(66,67)68)56(50)62(72,73)74)16-18-52(80)78(29-33-87-7-3)30-34-88-8-4/h9-18,35-40H,5-8,19-34H2,1-4H3,(H,81,82)(H,83,84)/b17-15+,18-16+. The van der Waals surface area contributed by atoms with Gasteiger partial charge < -0.3 is 48.8 Å². The Morgan fingerprint density at radius 1 is 0.494 bits per heavy atom. The van der Waals surface area contributed by atoms with Crippen LogP contribution in [0.25, 0.3) is 34.4 Å². The number of halogens is 12. The lowest BCUT2D eigenvalue weighted by Gasteiger charge is -2.32. The summed E-state index contributed by atoms with van der Waals surface area (Å²) in [5.74, 6) is -5.70. The summed E-state index contributed by atoms with van der Waals surface area (Å²) < 4.78 is 215. The molecule has 0 saturated carbocycles. The van der Waals surface area contributed by atoms with Crippen LogP contribution < -0.4 is 9.80 Å². The number of hydrogen-bond donors (Lipinski definition) is 2. The van der Waals surface area contributed by atoms with Crippen molar-refractivity contribution in [3.63, 3.8) is 0 Å². The van der Waals surface area contributed by atoms with Gasteiger partial charge in [0.1, 0.15) is 0 Å². The minimum Gasteiger partial charge on any atom is -0.481 e. The molecule has 2 aliphatic heterocycles. The first-order valence-corrected chi connectivity index (χ1v) is 29.6. The van der Waals surface area contributed by atoms with E-state index < -0.39 is 126 Å². The molecule has 2 N–H and O–H groups in total. The third-order valence-electron chi connectivity index (χ3n) is 15.0. The first-order chi connectivity index (χ1) is 42.0. The van der Waals surface area contributed by atoms with Gasteiger partial charge in [0.15, 0.2) is 0 Å². The van der Waals surface area contributed by atoms with Crippen molar-refractivity contribution in [2.24, 2.45) is 11.8 Å². The predicted octanol–water partition coefficient (Wildman–Crippen LogP) is 13.7. The van der Waals surface area contributed by atoms with Crippen LogP contribution in [0.4, 0.5) is 64.1 Å². The highest BCUT2D eigenvalue weighted by molar-refractivity contribution is 7.99. The normalized spacial score (nSPS) is 15.0. The van der Waals surface area contributed by atoms with Gasteiger partial charge in [0, 0.05) is 112 Å². The summed E-state index contributed by atoms with van der Waals surface area (Å²) in [7, 11) is 0. The quantitative estimate of drug-likeness (QED) is 0.0315. The third-order valence-corrected chi connectivity index (χ3v) is 16.1. The van der Waals surface area contributed by atoms with Crippen LogP contribution in [0.3, 0.4) is 0 Å². The highest BCUT2D eigenvalue weighted by atomic mass is 32.2. The van der Waals surface area contributed by atoms with Gasteiger partial charge in [0.25, 0.3) is 0 Å². The summed E-state index contributed by atoms with van der Waals surface area (Å²) in [4.78, 5) is 53.8. The Labute approximate surface area is 511 Å². The third kappa shape index (κ3) is 19.1. The van der Waals surface area contributed by atoms with E-state index in [0.717, 1.165) is 9.80 Å². The molecule has 27 heteroatoms. The lowest BCUT2D eigenvalue weighted by Crippen LogP contribution is -2.36. The summed E-state index contributed by atoms with van der Waals surface area (Å²) in [5.41, 5.74) is -14.4. The lowest BCUT2D eigenvalue weighted by molar-refractivity contribution is -0.164. The maximum absolute atomic E-state index is 16.1. The Morgan fingerprint density at radius 2 is 0.798 bits per heavy atom. The van der Waals surface area contributed by atoms with Gasteiger partial charge in [-0.3, -0.25) is 19.2 Å². The molecule has 14 nitrogen and oxygen atoms in total. The Hall–Kier alpha value is -6.81. The van der Waals surface area contributed by atoms with Crippen molar-refractivity contribution < 1.29 is 101 Å². The summed E-state index contributed by atoms with van der Waals surface area (Å²) in [6.07, 6.45) is -21.9. The molecule has 0 aliphatic carbocycles. The van der Waals surface area contributed by atoms with Crippen molar-refractivity contribution in [1.82, 2.24) is 9.80 Å². The van der Waals surface area contributed by atoms with E-state index >= 15 is 52.7 Å². The van der Waals surface area contributed by atoms with Crippen molar-refractivity contribution in [3.8, 4) is 22.3 Å². The minimum atomic E-state index is -6.15. The molecule has 89 heavy (non-hydrogen) atoms. The van der Waals surface area contributed by atoms with Crippen molar-refractivity contribution in [1.29, 1.82) is 0 Å². The van der Waals surface area contributed by atoms with Crippen LogP contribution in [0.1, 0.15) is 86.8 Å². The van der Waals surface area contributed by atoms with E-state index in [2.05, 4.69) is 0 Å². The zero-order valence-electron chi connectivity index (χ0n) is 49.3. The summed E-state index contributed by atoms with van der Waals surface area (Å²) in [5, 5.41) is 19.3. The maximum Gasteiger partial charge on any atom is 0.418 e. The van der Waals surface area contributed by atoms with Gasteiger partial charge in [-0.05, 0) is 135 Å². The van der Waals surface area contributed by atoms with Crippen LogP contribution in [0.5, 0.6) is 0 Å². The molecule has 2 aliphatic rings. The monoisotopic (exact) mass is 1290 g/mol. The molecular weight excluding hydrogens is 1220 g/mol. The number of anilines is 2. The van der Waals surface area contributed by atoms with Crippen molar-refractivity contribution in [3.05, 3.63) is 106 Å². The number of nitrogens with zero attached hydrogens (tertiary/aromatic N) is 4. The van der Waals surface area contributed by atoms with Gasteiger partial charge >= 0.3 is 36.6 Å². The highest BCUT2D eigenvalue weighted by Gasteiger charge is 2.50. The molecule has 488 valence electrons. The molecule has 0 atom stereocenters. The number of ether oxygens (including phenoxy) is 4. The van der Waals surface area contributed by atoms with E-state index in [9.17, 15) is 29.4 Å². The largest absolute Gasteiger partial charge is 0.481 e. The highest BCUT2D eigenvalue weighted by Crippen LogP contribution is 2.55. The van der Waals surface area contributed by atoms with Crippen molar-refractivity contribution >= 4 is 59.0 Å². The molecule has 4 aromatic rings. The average molecular weight is 1290 g/mol. The molecule has 2 amide bonds. The number of piperidine rings is 2. The fourth-order valence-electron chi connectivity index (χ4n) is 10.6. The van der Waals surface area contributed by atoms with Crippen molar-refractivity contribution in [2.75, 3.05) is 115 Å². The number of benzene rings is 4. The fourth-order valence-corrected chi connectivity index (χ4v) is 11.8. The van der Waals surface area contributed by atoms with Crippen LogP contribution in [-0.4, -0.2) is 149 Å². The second kappa shape index (κ2) is 31.8. The number of amides is 2. The number of carbonyl (C=O) groups is 4. The van der Waals surface area contributed by atoms with E-state index in [4.69, 9.17) is 18.9 Å². The Bertz CT molecular complexity index is 2910. The van der Waals surface area contributed by atoms with Gasteiger partial charge in [0.2, 0.25) is 11.8 Å². The first kappa shape index (κ1) is 71.3. The predicted molar refractivity (Wildman–Crippen MR) is 310 cm³/mol. The maximum atomic E-state index is 16.1. The van der Waals surface area contributed by atoms with Gasteiger partial charge in [-0.15, -0.1) is 0 Å². The van der Waals surface area contributed by atoms with Crippen LogP contribution in [-0.2, 0) is 62.8 Å². The summed E-state index contributed by atoms with van der Waals surface area (Å²) in [6.45, 7) is 6.86. The first-order valence-electron chi connectivity index (χ1n) is 28.8. The second-order valence-electron chi connectivity index (χ2n) is 20.7. The second-order valence-corrected chi connectivity index (χ2v) is 21.8. The Kier molecular flexibility index (Phi) is 25.4. The molecule has 0 bridgehead atoms. The number of carboxylic acids is 2. The van der Waals surface area contributed by atoms with Crippen LogP contribution in [0.2, 0.25) is 0 Å². The molecule has 0 spiro atoms. The van der Waals surface area contributed by atoms with E-state index in [0.29, 0.717) is 36.4 Å². The molecule has 4 aromatic carbocycles. The molecule has 0 radical (unpaired) electrons. The number of hydrogen-bond acceptors (Lipinski definition) is 11. The zero-order valence-corrected chi connectivity index (χ0v) is 50.1.